The summed E-state index contributed by atoms with van der Waals surface area (Å²) in [5.41, 5.74) is 3.10. The zero-order valence-corrected chi connectivity index (χ0v) is 28.6. The molecule has 0 saturated carbocycles. The van der Waals surface area contributed by atoms with Crippen LogP contribution in [0.4, 0.5) is 5.69 Å². The van der Waals surface area contributed by atoms with E-state index in [1.54, 1.807) is 6.92 Å². The Labute approximate surface area is 269 Å². The zero-order valence-electron chi connectivity index (χ0n) is 25.3. The number of thioether (sulfide) groups is 1. The third-order valence-electron chi connectivity index (χ3n) is 7.45. The molecule has 4 nitrogen and oxygen atoms in total. The molecular formula is C34H50BrClN2O2S. The molecule has 0 spiro atoms. The Morgan fingerprint density at radius 3 is 2.20 bits per heavy atom. The highest BCUT2D eigenvalue weighted by Crippen LogP contribution is 2.31. The maximum absolute atomic E-state index is 12.8. The maximum atomic E-state index is 12.8. The predicted molar refractivity (Wildman–Crippen MR) is 183 cm³/mol. The van der Waals surface area contributed by atoms with Crippen LogP contribution in [0, 0.1) is 0 Å². The minimum atomic E-state index is 0. The molecule has 0 saturated heterocycles. The fraction of sp³-hybridized carbons (Fsp3) is 0.559. The Morgan fingerprint density at radius 1 is 0.951 bits per heavy atom. The standard InChI is InChI=1S/C34H49ClN2O2S.BrH/c1-4-5-6-7-8-9-10-11-12-13-14-17-22-39-34-23-30(20-21-32(34)35)25-37(29(3)38)33-19-16-15-18-31(33)26-36-24-28(2)40-27-36;/h15-16,18-21,23-24H,4-14,17,22,25-27H2,1-3H3;1H. The molecule has 3 rings (SSSR count). The number of hydrogen-bond donors (Lipinski definition) is 0. The average Bonchev–Trinajstić information content (AvgIpc) is 3.36. The largest absolute Gasteiger partial charge is 0.492 e. The Balaban J connectivity index is 0.00000588. The van der Waals surface area contributed by atoms with E-state index in [0.29, 0.717) is 23.9 Å². The van der Waals surface area contributed by atoms with Gasteiger partial charge in [-0.25, -0.2) is 0 Å². The van der Waals surface area contributed by atoms with E-state index in [2.05, 4.69) is 31.0 Å². The highest BCUT2D eigenvalue weighted by molar-refractivity contribution is 8.93. The van der Waals surface area contributed by atoms with E-state index in [0.717, 1.165) is 35.7 Å². The number of carbonyl (C=O) groups is 1. The van der Waals surface area contributed by atoms with Crippen LogP contribution >= 0.6 is 40.3 Å². The lowest BCUT2D eigenvalue weighted by Crippen LogP contribution is -2.29. The summed E-state index contributed by atoms with van der Waals surface area (Å²) in [7, 11) is 0. The second-order valence-corrected chi connectivity index (χ2v) is 12.6. The molecule has 0 aliphatic carbocycles. The van der Waals surface area contributed by atoms with Gasteiger partial charge in [-0.15, -0.1) is 28.7 Å². The van der Waals surface area contributed by atoms with Crippen molar-refractivity contribution in [2.75, 3.05) is 17.4 Å². The van der Waals surface area contributed by atoms with Crippen molar-refractivity contribution in [3.05, 3.63) is 69.7 Å². The molecule has 1 aliphatic heterocycles. The number of nitrogens with zero attached hydrogens (tertiary/aromatic N) is 2. The number of anilines is 1. The molecule has 228 valence electrons. The summed E-state index contributed by atoms with van der Waals surface area (Å²) in [6.45, 7) is 7.96. The molecule has 0 unspecified atom stereocenters. The normalized spacial score (nSPS) is 12.7. The van der Waals surface area contributed by atoms with Crippen LogP contribution < -0.4 is 9.64 Å². The second-order valence-electron chi connectivity index (χ2n) is 11.0. The Morgan fingerprint density at radius 2 is 1.59 bits per heavy atom. The molecule has 2 aromatic carbocycles. The molecule has 2 aromatic rings. The summed E-state index contributed by atoms with van der Waals surface area (Å²) >= 11 is 8.32. The number of ether oxygens (including phenoxy) is 1. The summed E-state index contributed by atoms with van der Waals surface area (Å²) in [6.07, 6.45) is 18.1. The molecule has 7 heteroatoms. The van der Waals surface area contributed by atoms with Gasteiger partial charge in [0.05, 0.1) is 24.1 Å². The van der Waals surface area contributed by atoms with Gasteiger partial charge < -0.3 is 14.5 Å². The second kappa shape index (κ2) is 20.3. The van der Waals surface area contributed by atoms with Crippen molar-refractivity contribution in [2.45, 2.75) is 111 Å². The summed E-state index contributed by atoms with van der Waals surface area (Å²) in [5.74, 6) is 1.66. The lowest BCUT2D eigenvalue weighted by atomic mass is 10.1. The van der Waals surface area contributed by atoms with Crippen LogP contribution in [0.3, 0.4) is 0 Å². The molecule has 0 fully saturated rings. The fourth-order valence-corrected chi connectivity index (χ4v) is 6.10. The van der Waals surface area contributed by atoms with Gasteiger partial charge in [0.15, 0.2) is 0 Å². The van der Waals surface area contributed by atoms with Crippen molar-refractivity contribution in [1.29, 1.82) is 0 Å². The van der Waals surface area contributed by atoms with Gasteiger partial charge in [-0.1, -0.05) is 113 Å². The third-order valence-corrected chi connectivity index (χ3v) is 8.78. The van der Waals surface area contributed by atoms with E-state index >= 15 is 0 Å². The summed E-state index contributed by atoms with van der Waals surface area (Å²) in [5, 5.41) is 0.617. The molecule has 0 radical (unpaired) electrons. The van der Waals surface area contributed by atoms with E-state index in [1.165, 1.54) is 75.5 Å². The van der Waals surface area contributed by atoms with E-state index < -0.39 is 0 Å². The number of amides is 1. The van der Waals surface area contributed by atoms with E-state index in [9.17, 15) is 4.79 Å². The van der Waals surface area contributed by atoms with Crippen LogP contribution in [0.2, 0.25) is 5.02 Å². The molecule has 0 N–H and O–H groups in total. The smallest absolute Gasteiger partial charge is 0.224 e. The molecule has 0 aromatic heterocycles. The molecule has 1 heterocycles. The number of rotatable bonds is 19. The van der Waals surface area contributed by atoms with Crippen molar-refractivity contribution in [1.82, 2.24) is 4.90 Å². The first-order valence-electron chi connectivity index (χ1n) is 15.3. The highest BCUT2D eigenvalue weighted by Gasteiger charge is 2.19. The Bertz CT molecular complexity index is 1080. The van der Waals surface area contributed by atoms with Crippen LogP contribution in [0.15, 0.2) is 53.6 Å². The van der Waals surface area contributed by atoms with E-state index in [-0.39, 0.29) is 22.9 Å². The van der Waals surface area contributed by atoms with Gasteiger partial charge in [0.2, 0.25) is 5.91 Å². The number of hydrogen-bond acceptors (Lipinski definition) is 4. The number of benzene rings is 2. The predicted octanol–water partition coefficient (Wildman–Crippen LogP) is 10.9. The highest BCUT2D eigenvalue weighted by atomic mass is 79.9. The number of unbranched alkanes of at least 4 members (excludes halogenated alkanes) is 11. The Hall–Kier alpha value is -1.63. The SMILES string of the molecule is Br.CCCCCCCCCCCCCCOc1cc(CN(C(C)=O)c2ccccc2CN2C=C(C)SC2)ccc1Cl. The molecule has 1 aliphatic rings. The third kappa shape index (κ3) is 13.0. The van der Waals surface area contributed by atoms with E-state index in [4.69, 9.17) is 16.3 Å². The lowest BCUT2D eigenvalue weighted by Gasteiger charge is -2.26. The molecule has 41 heavy (non-hydrogen) atoms. The average molecular weight is 666 g/mol. The minimum absolute atomic E-state index is 0. The quantitative estimate of drug-likeness (QED) is 0.140. The van der Waals surface area contributed by atoms with Gasteiger partial charge in [0.25, 0.3) is 0 Å². The van der Waals surface area contributed by atoms with Gasteiger partial charge in [0, 0.05) is 25.4 Å². The first-order chi connectivity index (χ1) is 19.5. The summed E-state index contributed by atoms with van der Waals surface area (Å²) in [4.78, 5) is 18.3. The topological polar surface area (TPSA) is 32.8 Å². The number of halogens is 2. The molecular weight excluding hydrogens is 616 g/mol. The van der Waals surface area contributed by atoms with Crippen molar-refractivity contribution in [2.24, 2.45) is 0 Å². The van der Waals surface area contributed by atoms with Gasteiger partial charge >= 0.3 is 0 Å². The van der Waals surface area contributed by atoms with Crippen LogP contribution in [0.5, 0.6) is 5.75 Å². The Kier molecular flexibility index (Phi) is 17.6. The number of para-hydroxylation sites is 1. The first kappa shape index (κ1) is 35.6. The molecule has 0 atom stereocenters. The van der Waals surface area contributed by atoms with Crippen molar-refractivity contribution < 1.29 is 9.53 Å². The van der Waals surface area contributed by atoms with E-state index in [1.807, 2.05) is 53.1 Å². The monoisotopic (exact) mass is 664 g/mol. The van der Waals surface area contributed by atoms with Gasteiger partial charge in [-0.2, -0.15) is 0 Å². The lowest BCUT2D eigenvalue weighted by molar-refractivity contribution is -0.116. The van der Waals surface area contributed by atoms with Crippen LogP contribution in [-0.2, 0) is 17.9 Å². The van der Waals surface area contributed by atoms with Crippen LogP contribution in [0.25, 0.3) is 0 Å². The van der Waals surface area contributed by atoms with Gasteiger partial charge in [-0.05, 0) is 47.6 Å². The van der Waals surface area contributed by atoms with Gasteiger partial charge in [0.1, 0.15) is 5.75 Å². The summed E-state index contributed by atoms with van der Waals surface area (Å²) in [6, 6.07) is 14.1. The summed E-state index contributed by atoms with van der Waals surface area (Å²) < 4.78 is 6.09. The number of carbonyl (C=O) groups excluding carboxylic acids is 1. The first-order valence-corrected chi connectivity index (χ1v) is 16.7. The molecule has 0 bridgehead atoms. The zero-order chi connectivity index (χ0) is 28.6. The fourth-order valence-electron chi connectivity index (χ4n) is 5.16. The van der Waals surface area contributed by atoms with Crippen LogP contribution in [-0.4, -0.2) is 23.3 Å². The number of allylic oxidation sites excluding steroid dienone is 1. The van der Waals surface area contributed by atoms with Crippen LogP contribution in [0.1, 0.15) is 109 Å². The minimum Gasteiger partial charge on any atom is -0.492 e. The van der Waals surface area contributed by atoms with Crippen molar-refractivity contribution in [3.63, 3.8) is 0 Å². The van der Waals surface area contributed by atoms with Crippen molar-refractivity contribution in [3.8, 4) is 5.75 Å². The maximum Gasteiger partial charge on any atom is 0.224 e. The van der Waals surface area contributed by atoms with Crippen molar-refractivity contribution >= 4 is 51.9 Å². The van der Waals surface area contributed by atoms with Gasteiger partial charge in [-0.3, -0.25) is 4.79 Å². The molecule has 1 amide bonds.